The smallest absolute Gasteiger partial charge is 0.356 e. The van der Waals surface area contributed by atoms with Crippen LogP contribution in [0.3, 0.4) is 0 Å². The van der Waals surface area contributed by atoms with Gasteiger partial charge in [-0.2, -0.15) is 5.10 Å². The second-order valence-corrected chi connectivity index (χ2v) is 4.52. The molecule has 5 nitrogen and oxygen atoms in total. The molecule has 106 valence electrons. The van der Waals surface area contributed by atoms with Gasteiger partial charge in [0.05, 0.1) is 19.9 Å². The highest BCUT2D eigenvalue weighted by molar-refractivity contribution is 6.00. The number of H-pyrrole nitrogens is 1. The predicted octanol–water partition coefficient (Wildman–Crippen LogP) is 3.03. The van der Waals surface area contributed by atoms with E-state index in [1.165, 1.54) is 7.11 Å². The van der Waals surface area contributed by atoms with Gasteiger partial charge in [0, 0.05) is 10.9 Å². The monoisotopic (exact) mass is 282 g/mol. The molecule has 0 atom stereocenters. The zero-order valence-corrected chi connectivity index (χ0v) is 11.7. The Bertz CT molecular complexity index is 808. The van der Waals surface area contributed by atoms with Crippen molar-refractivity contribution in [3.8, 4) is 17.0 Å². The molecule has 21 heavy (non-hydrogen) atoms. The first-order chi connectivity index (χ1) is 10.2. The number of carbonyl (C=O) groups excluding carboxylic acids is 1. The lowest BCUT2D eigenvalue weighted by atomic mass is 10.0. The van der Waals surface area contributed by atoms with Crippen LogP contribution < -0.4 is 4.74 Å². The second-order valence-electron chi connectivity index (χ2n) is 4.52. The van der Waals surface area contributed by atoms with Gasteiger partial charge in [-0.05, 0) is 23.6 Å². The molecule has 0 saturated carbocycles. The minimum Gasteiger partial charge on any atom is -0.496 e. The first-order valence-electron chi connectivity index (χ1n) is 6.44. The maximum Gasteiger partial charge on any atom is 0.356 e. The van der Waals surface area contributed by atoms with Crippen molar-refractivity contribution in [3.63, 3.8) is 0 Å². The van der Waals surface area contributed by atoms with Gasteiger partial charge in [0.2, 0.25) is 0 Å². The Morgan fingerprint density at radius 1 is 1.10 bits per heavy atom. The van der Waals surface area contributed by atoms with Crippen molar-refractivity contribution < 1.29 is 14.3 Å². The summed E-state index contributed by atoms with van der Waals surface area (Å²) in [6, 6.07) is 13.4. The van der Waals surface area contributed by atoms with Gasteiger partial charge >= 0.3 is 5.97 Å². The highest BCUT2D eigenvalue weighted by atomic mass is 16.5. The van der Waals surface area contributed by atoms with Crippen LogP contribution in [0.15, 0.2) is 42.5 Å². The Labute approximate surface area is 121 Å². The highest BCUT2D eigenvalue weighted by Gasteiger charge is 2.14. The lowest BCUT2D eigenvalue weighted by molar-refractivity contribution is 0.0594. The van der Waals surface area contributed by atoms with Crippen molar-refractivity contribution >= 4 is 16.7 Å². The van der Waals surface area contributed by atoms with Crippen molar-refractivity contribution in [2.45, 2.75) is 0 Å². The number of nitrogens with one attached hydrogen (secondary N) is 1. The van der Waals surface area contributed by atoms with Crippen LogP contribution in [0.25, 0.3) is 22.0 Å². The van der Waals surface area contributed by atoms with E-state index >= 15 is 0 Å². The molecule has 0 amide bonds. The number of hydrogen-bond donors (Lipinski definition) is 1. The third-order valence-electron chi connectivity index (χ3n) is 3.36. The Kier molecular flexibility index (Phi) is 3.31. The first-order valence-corrected chi connectivity index (χ1v) is 6.44. The van der Waals surface area contributed by atoms with Gasteiger partial charge in [0.1, 0.15) is 11.4 Å². The van der Waals surface area contributed by atoms with Crippen LogP contribution in [-0.4, -0.2) is 30.4 Å². The molecule has 0 unspecified atom stereocenters. The minimum absolute atomic E-state index is 0.326. The molecule has 5 heteroatoms. The topological polar surface area (TPSA) is 64.2 Å². The number of methoxy groups -OCH3 is 2. The summed E-state index contributed by atoms with van der Waals surface area (Å²) in [6.45, 7) is 0. The molecule has 0 aliphatic heterocycles. The van der Waals surface area contributed by atoms with Crippen molar-refractivity contribution in [3.05, 3.63) is 48.2 Å². The zero-order chi connectivity index (χ0) is 14.8. The molecule has 0 spiro atoms. The van der Waals surface area contributed by atoms with E-state index in [0.29, 0.717) is 11.4 Å². The van der Waals surface area contributed by atoms with Gasteiger partial charge in [-0.3, -0.25) is 5.10 Å². The van der Waals surface area contributed by atoms with Crippen LogP contribution in [0, 0.1) is 0 Å². The number of benzene rings is 2. The van der Waals surface area contributed by atoms with Crippen LogP contribution in [0.1, 0.15) is 10.5 Å². The molecule has 0 aliphatic rings. The molecule has 0 radical (unpaired) electrons. The summed E-state index contributed by atoms with van der Waals surface area (Å²) in [5, 5.41) is 8.90. The summed E-state index contributed by atoms with van der Waals surface area (Å²) >= 11 is 0. The van der Waals surface area contributed by atoms with E-state index in [2.05, 4.69) is 14.9 Å². The highest BCUT2D eigenvalue weighted by Crippen LogP contribution is 2.33. The van der Waals surface area contributed by atoms with Crippen LogP contribution in [0.4, 0.5) is 0 Å². The van der Waals surface area contributed by atoms with Crippen LogP contribution in [0.5, 0.6) is 5.75 Å². The van der Waals surface area contributed by atoms with E-state index in [9.17, 15) is 4.79 Å². The zero-order valence-electron chi connectivity index (χ0n) is 11.7. The molecule has 0 bridgehead atoms. The van der Waals surface area contributed by atoms with E-state index in [-0.39, 0.29) is 0 Å². The van der Waals surface area contributed by atoms with Gasteiger partial charge in [-0.15, -0.1) is 0 Å². The molecule has 0 fully saturated rings. The molecular weight excluding hydrogens is 268 g/mol. The number of ether oxygens (including phenoxy) is 2. The fourth-order valence-electron chi connectivity index (χ4n) is 2.35. The van der Waals surface area contributed by atoms with Gasteiger partial charge in [-0.25, -0.2) is 4.79 Å². The summed E-state index contributed by atoms with van der Waals surface area (Å²) in [5.41, 5.74) is 1.94. The van der Waals surface area contributed by atoms with Gasteiger partial charge < -0.3 is 9.47 Å². The second kappa shape index (κ2) is 5.28. The molecule has 1 heterocycles. The van der Waals surface area contributed by atoms with Gasteiger partial charge in [-0.1, -0.05) is 24.3 Å². The molecule has 3 aromatic rings. The number of nitrogens with zero attached hydrogens (tertiary/aromatic N) is 1. The van der Waals surface area contributed by atoms with Gasteiger partial charge in [0.15, 0.2) is 0 Å². The molecule has 2 aromatic carbocycles. The number of hydrogen-bond acceptors (Lipinski definition) is 4. The van der Waals surface area contributed by atoms with E-state index in [1.54, 1.807) is 13.2 Å². The number of aromatic amines is 1. The van der Waals surface area contributed by atoms with E-state index in [0.717, 1.165) is 22.1 Å². The molecule has 0 saturated heterocycles. The number of fused-ring (bicyclic) bond motifs is 1. The van der Waals surface area contributed by atoms with Crippen LogP contribution >= 0.6 is 0 Å². The van der Waals surface area contributed by atoms with E-state index in [1.807, 2.05) is 36.4 Å². The molecule has 0 aliphatic carbocycles. The van der Waals surface area contributed by atoms with E-state index < -0.39 is 5.97 Å². The number of rotatable bonds is 3. The predicted molar refractivity (Wildman–Crippen MR) is 79.4 cm³/mol. The van der Waals surface area contributed by atoms with Crippen molar-refractivity contribution in [1.82, 2.24) is 10.2 Å². The quantitative estimate of drug-likeness (QED) is 0.750. The average molecular weight is 282 g/mol. The maximum atomic E-state index is 11.5. The number of esters is 1. The molecule has 1 N–H and O–H groups in total. The fourth-order valence-corrected chi connectivity index (χ4v) is 2.35. The summed E-state index contributed by atoms with van der Waals surface area (Å²) in [7, 11) is 2.98. The third kappa shape index (κ3) is 2.23. The molecular formula is C16H14N2O3. The fraction of sp³-hybridized carbons (Fsp3) is 0.125. The van der Waals surface area contributed by atoms with Crippen molar-refractivity contribution in [2.24, 2.45) is 0 Å². The third-order valence-corrected chi connectivity index (χ3v) is 3.36. The maximum absolute atomic E-state index is 11.5. The number of aromatic nitrogens is 2. The van der Waals surface area contributed by atoms with Crippen molar-refractivity contribution in [2.75, 3.05) is 14.2 Å². The summed E-state index contributed by atoms with van der Waals surface area (Å²) < 4.78 is 10.1. The summed E-state index contributed by atoms with van der Waals surface area (Å²) in [5.74, 6) is 0.365. The lowest BCUT2D eigenvalue weighted by Crippen LogP contribution is -2.00. The van der Waals surface area contributed by atoms with E-state index in [4.69, 9.17) is 4.74 Å². The van der Waals surface area contributed by atoms with Crippen LogP contribution in [-0.2, 0) is 4.74 Å². The summed E-state index contributed by atoms with van der Waals surface area (Å²) in [6.07, 6.45) is 0. The standard InChI is InChI=1S/C16H14N2O3/c1-20-15-8-7-11(10-5-3-4-6-12(10)15)13-9-14(18-17-13)16(19)21-2/h3-9H,1-2H3,(H,17,18). The van der Waals surface area contributed by atoms with Crippen LogP contribution in [0.2, 0.25) is 0 Å². The van der Waals surface area contributed by atoms with Crippen molar-refractivity contribution in [1.29, 1.82) is 0 Å². The first kappa shape index (κ1) is 13.2. The number of carbonyl (C=O) groups is 1. The van der Waals surface area contributed by atoms with Gasteiger partial charge in [0.25, 0.3) is 0 Å². The Morgan fingerprint density at radius 3 is 2.57 bits per heavy atom. The minimum atomic E-state index is -0.438. The lowest BCUT2D eigenvalue weighted by Gasteiger charge is -2.08. The Hall–Kier alpha value is -2.82. The molecule has 1 aromatic heterocycles. The Morgan fingerprint density at radius 2 is 1.86 bits per heavy atom. The Balaban J connectivity index is 2.17. The SMILES string of the molecule is COC(=O)c1cc(-c2ccc(OC)c3ccccc23)n[nH]1. The summed E-state index contributed by atoms with van der Waals surface area (Å²) in [4.78, 5) is 11.5. The average Bonchev–Trinajstić information content (AvgIpc) is 3.02. The largest absolute Gasteiger partial charge is 0.496 e. The normalized spacial score (nSPS) is 10.6. The molecule has 3 rings (SSSR count).